The van der Waals surface area contributed by atoms with Crippen molar-refractivity contribution < 1.29 is 18.0 Å². The Morgan fingerprint density at radius 2 is 1.52 bits per heavy atom. The zero-order valence-corrected chi connectivity index (χ0v) is 26.7. The second kappa shape index (κ2) is 14.7. The third-order valence-corrected chi connectivity index (χ3v) is 8.42. The van der Waals surface area contributed by atoms with Gasteiger partial charge in [0.2, 0.25) is 21.8 Å². The Morgan fingerprint density at radius 1 is 0.905 bits per heavy atom. The normalized spacial score (nSPS) is 12.4. The van der Waals surface area contributed by atoms with Crippen LogP contribution in [0.1, 0.15) is 57.2 Å². The Labute approximate surface area is 255 Å². The molecule has 1 N–H and O–H groups in total. The molecule has 3 aromatic carbocycles. The Balaban J connectivity index is 1.90. The minimum atomic E-state index is -3.57. The highest BCUT2D eigenvalue weighted by molar-refractivity contribution is 7.92. The molecule has 226 valence electrons. The van der Waals surface area contributed by atoms with Gasteiger partial charge in [-0.15, -0.1) is 0 Å². The van der Waals surface area contributed by atoms with Gasteiger partial charge in [0.05, 0.1) is 11.9 Å². The number of amides is 2. The summed E-state index contributed by atoms with van der Waals surface area (Å²) in [6.45, 7) is 8.01. The van der Waals surface area contributed by atoms with E-state index in [2.05, 4.69) is 5.32 Å². The van der Waals surface area contributed by atoms with Crippen molar-refractivity contribution in [3.8, 4) is 0 Å². The highest BCUT2D eigenvalue weighted by Crippen LogP contribution is 2.23. The molecule has 9 heteroatoms. The first-order valence-corrected chi connectivity index (χ1v) is 16.5. The average Bonchev–Trinajstić information content (AvgIpc) is 2.93. The number of aryl methyl sites for hydroxylation is 1. The van der Waals surface area contributed by atoms with Crippen molar-refractivity contribution in [2.75, 3.05) is 17.1 Å². The van der Waals surface area contributed by atoms with Crippen LogP contribution in [0.3, 0.4) is 0 Å². The molecular formula is C33H42ClN3O4S. The molecule has 0 saturated carbocycles. The molecule has 0 aromatic heterocycles. The first-order chi connectivity index (χ1) is 19.8. The number of anilines is 1. The maximum absolute atomic E-state index is 13.9. The third kappa shape index (κ3) is 9.88. The topological polar surface area (TPSA) is 86.8 Å². The zero-order valence-electron chi connectivity index (χ0n) is 25.1. The lowest BCUT2D eigenvalue weighted by Gasteiger charge is -2.34. The lowest BCUT2D eigenvalue weighted by molar-refractivity contribution is -0.142. The standard InChI is InChI=1S/C33H42ClN3O4S/c1-6-25-18-20-28(21-19-25)37(42(5,40)41)22-12-17-31(38)36(24-27-15-10-11-16-29(27)34)30(32(39)35-33(2,3)4)23-26-13-8-7-9-14-26/h7-11,13-16,18-21,30H,6,12,17,22-24H2,1-5H3,(H,35,39)/t30-/m1/s1. The van der Waals surface area contributed by atoms with E-state index in [-0.39, 0.29) is 37.7 Å². The van der Waals surface area contributed by atoms with Gasteiger partial charge in [-0.1, -0.05) is 79.2 Å². The third-order valence-electron chi connectivity index (χ3n) is 6.85. The summed E-state index contributed by atoms with van der Waals surface area (Å²) in [5, 5.41) is 3.55. The molecule has 0 aliphatic carbocycles. The summed E-state index contributed by atoms with van der Waals surface area (Å²) >= 11 is 6.50. The summed E-state index contributed by atoms with van der Waals surface area (Å²) in [4.78, 5) is 29.2. The lowest BCUT2D eigenvalue weighted by Crippen LogP contribution is -2.54. The van der Waals surface area contributed by atoms with Crippen LogP contribution in [0.2, 0.25) is 5.02 Å². The molecule has 0 bridgehead atoms. The van der Waals surface area contributed by atoms with E-state index in [1.807, 2.05) is 88.4 Å². The number of hydrogen-bond acceptors (Lipinski definition) is 4. The number of halogens is 1. The van der Waals surface area contributed by atoms with Crippen LogP contribution in [-0.2, 0) is 39.0 Å². The largest absolute Gasteiger partial charge is 0.350 e. The summed E-state index contributed by atoms with van der Waals surface area (Å²) in [5.41, 5.74) is 2.80. The van der Waals surface area contributed by atoms with Crippen molar-refractivity contribution in [2.45, 2.75) is 71.5 Å². The Morgan fingerprint density at radius 3 is 2.10 bits per heavy atom. The van der Waals surface area contributed by atoms with Crippen molar-refractivity contribution in [1.29, 1.82) is 0 Å². The van der Waals surface area contributed by atoms with E-state index >= 15 is 0 Å². The molecule has 3 aromatic rings. The first-order valence-electron chi connectivity index (χ1n) is 14.2. The number of benzene rings is 3. The number of hydrogen-bond donors (Lipinski definition) is 1. The van der Waals surface area contributed by atoms with Gasteiger partial charge in [0.15, 0.2) is 0 Å². The van der Waals surface area contributed by atoms with Gasteiger partial charge in [-0.05, 0) is 68.5 Å². The van der Waals surface area contributed by atoms with Crippen molar-refractivity contribution >= 4 is 39.1 Å². The molecule has 0 spiro atoms. The van der Waals surface area contributed by atoms with Gasteiger partial charge < -0.3 is 10.2 Å². The molecule has 1 atom stereocenters. The van der Waals surface area contributed by atoms with Crippen molar-refractivity contribution in [2.24, 2.45) is 0 Å². The fourth-order valence-electron chi connectivity index (χ4n) is 4.72. The monoisotopic (exact) mass is 611 g/mol. The quantitative estimate of drug-likeness (QED) is 0.257. The summed E-state index contributed by atoms with van der Waals surface area (Å²) < 4.78 is 26.7. The Kier molecular flexibility index (Phi) is 11.6. The molecule has 42 heavy (non-hydrogen) atoms. The van der Waals surface area contributed by atoms with E-state index < -0.39 is 21.6 Å². The minimum Gasteiger partial charge on any atom is -0.350 e. The highest BCUT2D eigenvalue weighted by Gasteiger charge is 2.32. The molecule has 0 heterocycles. The fourth-order valence-corrected chi connectivity index (χ4v) is 5.88. The molecule has 0 fully saturated rings. The minimum absolute atomic E-state index is 0.0532. The smallest absolute Gasteiger partial charge is 0.243 e. The van der Waals surface area contributed by atoms with Crippen LogP contribution in [0.4, 0.5) is 5.69 Å². The Hall–Kier alpha value is -3.36. The van der Waals surface area contributed by atoms with Crippen LogP contribution in [-0.4, -0.2) is 49.5 Å². The van der Waals surface area contributed by atoms with Gasteiger partial charge in [0.25, 0.3) is 0 Å². The summed E-state index contributed by atoms with van der Waals surface area (Å²) in [7, 11) is -3.57. The van der Waals surface area contributed by atoms with Crippen LogP contribution in [0.25, 0.3) is 0 Å². The zero-order chi connectivity index (χ0) is 30.9. The van der Waals surface area contributed by atoms with E-state index in [1.54, 1.807) is 23.1 Å². The van der Waals surface area contributed by atoms with Crippen molar-refractivity contribution in [3.05, 3.63) is 101 Å². The Bertz CT molecular complexity index is 1440. The maximum Gasteiger partial charge on any atom is 0.243 e. The molecular weight excluding hydrogens is 570 g/mol. The van der Waals surface area contributed by atoms with Crippen LogP contribution in [0.5, 0.6) is 0 Å². The number of carbonyl (C=O) groups is 2. The van der Waals surface area contributed by atoms with Gasteiger partial charge in [-0.25, -0.2) is 8.42 Å². The molecule has 7 nitrogen and oxygen atoms in total. The summed E-state index contributed by atoms with van der Waals surface area (Å²) in [6, 6.07) is 23.4. The van der Waals surface area contributed by atoms with Gasteiger partial charge in [0, 0.05) is 36.5 Å². The lowest BCUT2D eigenvalue weighted by atomic mass is 10.00. The van der Waals surface area contributed by atoms with Crippen LogP contribution >= 0.6 is 11.6 Å². The van der Waals surface area contributed by atoms with Gasteiger partial charge in [0.1, 0.15) is 6.04 Å². The number of rotatable bonds is 13. The number of nitrogens with zero attached hydrogens (tertiary/aromatic N) is 2. The van der Waals surface area contributed by atoms with Crippen molar-refractivity contribution in [1.82, 2.24) is 10.2 Å². The van der Waals surface area contributed by atoms with Gasteiger partial charge >= 0.3 is 0 Å². The van der Waals surface area contributed by atoms with Gasteiger partial charge in [-0.2, -0.15) is 0 Å². The SMILES string of the molecule is CCc1ccc(N(CCCC(=O)N(Cc2ccccc2Cl)[C@H](Cc2ccccc2)C(=O)NC(C)(C)C)S(C)(=O)=O)cc1. The predicted molar refractivity (Wildman–Crippen MR) is 171 cm³/mol. The molecule has 0 aliphatic rings. The molecule has 2 amide bonds. The number of nitrogens with one attached hydrogen (secondary N) is 1. The van der Waals surface area contributed by atoms with E-state index in [1.165, 1.54) is 10.6 Å². The summed E-state index contributed by atoms with van der Waals surface area (Å²) in [6.07, 6.45) is 2.66. The molecule has 0 unspecified atom stereocenters. The van der Waals surface area contributed by atoms with Crippen molar-refractivity contribution in [3.63, 3.8) is 0 Å². The van der Waals surface area contributed by atoms with E-state index in [0.29, 0.717) is 17.1 Å². The first kappa shape index (κ1) is 33.1. The highest BCUT2D eigenvalue weighted by atomic mass is 35.5. The second-order valence-corrected chi connectivity index (χ2v) is 13.8. The molecule has 0 radical (unpaired) electrons. The molecule has 0 saturated heterocycles. The van der Waals surface area contributed by atoms with E-state index in [9.17, 15) is 18.0 Å². The number of carbonyl (C=O) groups excluding carboxylic acids is 2. The maximum atomic E-state index is 13.9. The van der Waals surface area contributed by atoms with Gasteiger partial charge in [-0.3, -0.25) is 13.9 Å². The second-order valence-electron chi connectivity index (χ2n) is 11.5. The van der Waals surface area contributed by atoms with Crippen LogP contribution < -0.4 is 9.62 Å². The average molecular weight is 612 g/mol. The summed E-state index contributed by atoms with van der Waals surface area (Å²) in [5.74, 6) is -0.518. The van der Waals surface area contributed by atoms with Crippen LogP contribution in [0, 0.1) is 0 Å². The van der Waals surface area contributed by atoms with E-state index in [4.69, 9.17) is 11.6 Å². The molecule has 3 rings (SSSR count). The number of sulfonamides is 1. The fraction of sp³-hybridized carbons (Fsp3) is 0.394. The van der Waals surface area contributed by atoms with Crippen LogP contribution in [0.15, 0.2) is 78.9 Å². The van der Waals surface area contributed by atoms with E-state index in [0.717, 1.165) is 23.1 Å². The predicted octanol–water partition coefficient (Wildman–Crippen LogP) is 6.00. The molecule has 0 aliphatic heterocycles.